The van der Waals surface area contributed by atoms with Gasteiger partial charge in [-0.2, -0.15) is 0 Å². The molecule has 2 aliphatic heterocycles. The number of pyridine rings is 1. The van der Waals surface area contributed by atoms with Gasteiger partial charge in [0.25, 0.3) is 11.8 Å². The molecule has 1 N–H and O–H groups in total. The summed E-state index contributed by atoms with van der Waals surface area (Å²) in [6.07, 6.45) is -1.00. The van der Waals surface area contributed by atoms with Gasteiger partial charge in [0.2, 0.25) is 5.43 Å². The molecular formula is C29H27F4N3O5. The van der Waals surface area contributed by atoms with Gasteiger partial charge in [-0.1, -0.05) is 30.3 Å². The number of amides is 2. The molecule has 2 aliphatic rings. The van der Waals surface area contributed by atoms with Gasteiger partial charge < -0.3 is 24.3 Å². The van der Waals surface area contributed by atoms with Crippen LogP contribution in [0.25, 0.3) is 0 Å². The molecule has 0 spiro atoms. The fraction of sp³-hybridized carbons (Fsp3) is 0.345. The van der Waals surface area contributed by atoms with E-state index < -0.39 is 82.5 Å². The molecule has 12 heteroatoms. The van der Waals surface area contributed by atoms with Gasteiger partial charge in [0.1, 0.15) is 35.8 Å². The molecule has 4 atom stereocenters. The predicted molar refractivity (Wildman–Crippen MR) is 139 cm³/mol. The summed E-state index contributed by atoms with van der Waals surface area (Å²) in [7, 11) is 1.41. The topological polar surface area (TPSA) is 89.9 Å². The van der Waals surface area contributed by atoms with Gasteiger partial charge in [-0.3, -0.25) is 14.4 Å². The molecule has 0 aliphatic carbocycles. The number of hydrogen-bond donors (Lipinski definition) is 1. The van der Waals surface area contributed by atoms with Crippen LogP contribution in [-0.2, 0) is 17.9 Å². The number of nitrogens with one attached hydrogen (secondary N) is 1. The standard InChI is InChI=1S/C29H27F4N3O5/c1-15-20(31)10-24(40-2)23-13-35(15)29(39)25-27(41-14-16-6-4-3-5-7-16)26(37)19(12-36(23)25)28(38)34-11-18-21(32)8-17(30)9-22(18)33/h3-9,12,15,20,23-24H,10-11,13-14H2,1-2H3,(H,34,38)/t15-,20-,23+,24-/m0/s1. The second kappa shape index (κ2) is 11.4. The average Bonchev–Trinajstić information content (AvgIpc) is 3.05. The number of nitrogens with zero attached hydrogens (tertiary/aromatic N) is 2. The normalized spacial score (nSPS) is 21.7. The maximum absolute atomic E-state index is 15.1. The second-order valence-corrected chi connectivity index (χ2v) is 10.1. The molecular weight excluding hydrogens is 546 g/mol. The van der Waals surface area contributed by atoms with Crippen molar-refractivity contribution in [2.75, 3.05) is 13.7 Å². The number of carbonyl (C=O) groups is 2. The smallest absolute Gasteiger partial charge is 0.274 e. The quantitative estimate of drug-likeness (QED) is 0.433. The highest BCUT2D eigenvalue weighted by atomic mass is 19.1. The van der Waals surface area contributed by atoms with E-state index in [2.05, 4.69) is 5.32 Å². The predicted octanol–water partition coefficient (Wildman–Crippen LogP) is 3.92. The maximum atomic E-state index is 15.1. The molecule has 2 bridgehead atoms. The molecule has 2 aromatic carbocycles. The highest BCUT2D eigenvalue weighted by Gasteiger charge is 2.46. The summed E-state index contributed by atoms with van der Waals surface area (Å²) in [5.74, 6) is -5.61. The first-order valence-corrected chi connectivity index (χ1v) is 13.0. The average molecular weight is 574 g/mol. The zero-order valence-electron chi connectivity index (χ0n) is 22.2. The summed E-state index contributed by atoms with van der Waals surface area (Å²) < 4.78 is 69.6. The van der Waals surface area contributed by atoms with Crippen molar-refractivity contribution in [3.05, 3.63) is 98.7 Å². The van der Waals surface area contributed by atoms with Crippen molar-refractivity contribution < 1.29 is 36.6 Å². The summed E-state index contributed by atoms with van der Waals surface area (Å²) in [6, 6.07) is 8.27. The van der Waals surface area contributed by atoms with Crippen LogP contribution in [0.2, 0.25) is 0 Å². The minimum atomic E-state index is -1.41. The van der Waals surface area contributed by atoms with Gasteiger partial charge in [0.05, 0.1) is 18.2 Å². The van der Waals surface area contributed by atoms with E-state index in [0.29, 0.717) is 17.7 Å². The zero-order valence-corrected chi connectivity index (χ0v) is 22.2. The summed E-state index contributed by atoms with van der Waals surface area (Å²) in [6.45, 7) is 0.828. The summed E-state index contributed by atoms with van der Waals surface area (Å²) in [5.41, 5.74) is -1.48. The van der Waals surface area contributed by atoms with Crippen LogP contribution >= 0.6 is 0 Å². The SMILES string of the molecule is CO[C@H]1C[C@H](F)[C@H](C)N2C[C@H]1n1cc(C(=O)NCc3c(F)cc(F)cc3F)c(=O)c(OCc3ccccc3)c1C2=O. The van der Waals surface area contributed by atoms with Crippen molar-refractivity contribution in [2.45, 2.75) is 50.9 Å². The fourth-order valence-electron chi connectivity index (χ4n) is 5.29. The Labute approximate surface area is 232 Å². The van der Waals surface area contributed by atoms with Crippen LogP contribution in [0, 0.1) is 17.5 Å². The molecule has 8 nitrogen and oxygen atoms in total. The molecule has 41 heavy (non-hydrogen) atoms. The number of methoxy groups -OCH3 is 1. The molecule has 0 radical (unpaired) electrons. The highest BCUT2D eigenvalue weighted by Crippen LogP contribution is 2.37. The monoisotopic (exact) mass is 573 g/mol. The molecule has 3 aromatic rings. The molecule has 1 fully saturated rings. The minimum absolute atomic E-state index is 0.0392. The van der Waals surface area contributed by atoms with E-state index >= 15 is 4.39 Å². The lowest BCUT2D eigenvalue weighted by molar-refractivity contribution is 0.0312. The van der Waals surface area contributed by atoms with Crippen LogP contribution in [0.1, 0.15) is 51.4 Å². The zero-order chi connectivity index (χ0) is 29.4. The third-order valence-electron chi connectivity index (χ3n) is 7.60. The summed E-state index contributed by atoms with van der Waals surface area (Å²) in [4.78, 5) is 41.9. The number of halogens is 4. The van der Waals surface area contributed by atoms with Crippen LogP contribution in [-0.4, -0.2) is 53.3 Å². The third-order valence-corrected chi connectivity index (χ3v) is 7.60. The number of ether oxygens (including phenoxy) is 2. The van der Waals surface area contributed by atoms with E-state index in [-0.39, 0.29) is 25.3 Å². The van der Waals surface area contributed by atoms with Crippen LogP contribution in [0.15, 0.2) is 53.5 Å². The summed E-state index contributed by atoms with van der Waals surface area (Å²) in [5, 5.41) is 2.29. The van der Waals surface area contributed by atoms with Gasteiger partial charge in [-0.25, -0.2) is 17.6 Å². The Kier molecular flexibility index (Phi) is 7.85. The summed E-state index contributed by atoms with van der Waals surface area (Å²) >= 11 is 0. The second-order valence-electron chi connectivity index (χ2n) is 10.1. The molecule has 2 amide bonds. The van der Waals surface area contributed by atoms with E-state index in [1.165, 1.54) is 16.6 Å². The number of hydrogen-bond acceptors (Lipinski definition) is 5. The number of aromatic nitrogens is 1. The molecule has 5 rings (SSSR count). The Hall–Kier alpha value is -4.19. The van der Waals surface area contributed by atoms with Gasteiger partial charge in [0, 0.05) is 50.5 Å². The van der Waals surface area contributed by atoms with Crippen molar-refractivity contribution in [1.82, 2.24) is 14.8 Å². The van der Waals surface area contributed by atoms with Crippen molar-refractivity contribution in [2.24, 2.45) is 0 Å². The Morgan fingerprint density at radius 2 is 1.78 bits per heavy atom. The van der Waals surface area contributed by atoms with Gasteiger partial charge in [-0.05, 0) is 12.5 Å². The number of alkyl halides is 1. The van der Waals surface area contributed by atoms with Crippen molar-refractivity contribution >= 4 is 11.8 Å². The van der Waals surface area contributed by atoms with Crippen molar-refractivity contribution in [1.29, 1.82) is 0 Å². The van der Waals surface area contributed by atoms with E-state index in [9.17, 15) is 27.6 Å². The van der Waals surface area contributed by atoms with Crippen LogP contribution in [0.3, 0.4) is 0 Å². The maximum Gasteiger partial charge on any atom is 0.274 e. The minimum Gasteiger partial charge on any atom is -0.483 e. The van der Waals surface area contributed by atoms with Gasteiger partial charge in [0.15, 0.2) is 11.4 Å². The largest absolute Gasteiger partial charge is 0.483 e. The lowest BCUT2D eigenvalue weighted by Gasteiger charge is -2.39. The van der Waals surface area contributed by atoms with Gasteiger partial charge >= 0.3 is 0 Å². The number of rotatable bonds is 7. The van der Waals surface area contributed by atoms with Crippen molar-refractivity contribution in [3.63, 3.8) is 0 Å². The van der Waals surface area contributed by atoms with Crippen LogP contribution in [0.4, 0.5) is 17.6 Å². The fourth-order valence-corrected chi connectivity index (χ4v) is 5.29. The third kappa shape index (κ3) is 5.31. The Morgan fingerprint density at radius 3 is 2.44 bits per heavy atom. The van der Waals surface area contributed by atoms with E-state index in [1.807, 2.05) is 0 Å². The molecule has 1 saturated heterocycles. The first kappa shape index (κ1) is 28.3. The van der Waals surface area contributed by atoms with E-state index in [4.69, 9.17) is 9.47 Å². The number of benzene rings is 2. The lowest BCUT2D eigenvalue weighted by Crippen LogP contribution is -2.50. The Morgan fingerprint density at radius 1 is 1.10 bits per heavy atom. The molecule has 0 saturated carbocycles. The van der Waals surface area contributed by atoms with E-state index in [1.54, 1.807) is 37.3 Å². The highest BCUT2D eigenvalue weighted by molar-refractivity contribution is 5.99. The molecule has 216 valence electrons. The molecule has 0 unspecified atom stereocenters. The van der Waals surface area contributed by atoms with Crippen molar-refractivity contribution in [3.8, 4) is 5.75 Å². The number of fused-ring (bicyclic) bond motifs is 4. The Balaban J connectivity index is 1.59. The lowest BCUT2D eigenvalue weighted by atomic mass is 10.0. The van der Waals surface area contributed by atoms with E-state index in [0.717, 1.165) is 6.20 Å². The van der Waals surface area contributed by atoms with Gasteiger partial charge in [-0.15, -0.1) is 0 Å². The number of carbonyl (C=O) groups excluding carboxylic acids is 2. The van der Waals surface area contributed by atoms with Crippen LogP contribution in [0.5, 0.6) is 5.75 Å². The molecule has 1 aromatic heterocycles. The first-order chi connectivity index (χ1) is 19.6. The Bertz CT molecular complexity index is 1520. The first-order valence-electron chi connectivity index (χ1n) is 13.0. The van der Waals surface area contributed by atoms with Crippen LogP contribution < -0.4 is 15.5 Å². The molecule has 3 heterocycles.